The maximum absolute atomic E-state index is 14.2. The first-order valence-corrected chi connectivity index (χ1v) is 11.7. The Hall–Kier alpha value is -3.31. The smallest absolute Gasteiger partial charge is 0.255 e. The van der Waals surface area contributed by atoms with Crippen molar-refractivity contribution in [3.05, 3.63) is 70.5 Å². The van der Waals surface area contributed by atoms with Gasteiger partial charge in [-0.25, -0.2) is 17.8 Å². The molecule has 11 heteroatoms. The van der Waals surface area contributed by atoms with Crippen molar-refractivity contribution in [3.63, 3.8) is 0 Å². The third-order valence-corrected chi connectivity index (χ3v) is 5.68. The van der Waals surface area contributed by atoms with Crippen molar-refractivity contribution in [2.45, 2.75) is 6.10 Å². The van der Waals surface area contributed by atoms with E-state index in [0.29, 0.717) is 31.3 Å². The molecule has 9 nitrogen and oxygen atoms in total. The van der Waals surface area contributed by atoms with Crippen molar-refractivity contribution in [1.82, 2.24) is 14.5 Å². The molecule has 0 unspecified atom stereocenters. The molecule has 0 bridgehead atoms. The summed E-state index contributed by atoms with van der Waals surface area (Å²) < 4.78 is 47.1. The lowest BCUT2D eigenvalue weighted by Gasteiger charge is -2.34. The number of hydrogen-bond donors (Lipinski definition) is 1. The monoisotopic (exact) mass is 459 g/mol. The molecule has 0 amide bonds. The van der Waals surface area contributed by atoms with Crippen LogP contribution in [0.15, 0.2) is 53.6 Å². The lowest BCUT2D eigenvalue weighted by atomic mass is 10.1. The molecular formula is C21H22FN5O4S. The molecule has 1 aliphatic rings. The number of nitrogens with one attached hydrogen (secondary N) is 1. The first kappa shape index (κ1) is 21.9. The fourth-order valence-electron chi connectivity index (χ4n) is 3.58. The Balaban J connectivity index is 1.65. The largest absolute Gasteiger partial charge is 0.370 e. The molecule has 1 aliphatic heterocycles. The number of hydrogen-bond acceptors (Lipinski definition) is 7. The van der Waals surface area contributed by atoms with Gasteiger partial charge < -0.3 is 9.64 Å². The van der Waals surface area contributed by atoms with E-state index < -0.39 is 15.8 Å². The second kappa shape index (κ2) is 8.67. The second-order valence-electron chi connectivity index (χ2n) is 7.50. The average Bonchev–Trinajstić information content (AvgIpc) is 2.75. The first-order chi connectivity index (χ1) is 15.2. The van der Waals surface area contributed by atoms with Crippen LogP contribution in [0, 0.1) is 5.82 Å². The number of nitrogens with zero attached hydrogens (tertiary/aromatic N) is 4. The predicted molar refractivity (Wildman–Crippen MR) is 118 cm³/mol. The van der Waals surface area contributed by atoms with Crippen LogP contribution in [0.25, 0.3) is 11.3 Å². The topological polar surface area (TPSA) is 106 Å². The number of rotatable bonds is 5. The Morgan fingerprint density at radius 1 is 1.25 bits per heavy atom. The van der Waals surface area contributed by atoms with Crippen molar-refractivity contribution >= 4 is 21.7 Å². The summed E-state index contributed by atoms with van der Waals surface area (Å²) in [6.45, 7) is 1.24. The van der Waals surface area contributed by atoms with E-state index in [1.807, 2.05) is 11.0 Å². The molecule has 3 heterocycles. The number of benzene rings is 1. The minimum absolute atomic E-state index is 0.198. The highest BCUT2D eigenvalue weighted by Crippen LogP contribution is 2.28. The number of anilines is 2. The number of ether oxygens (including phenoxy) is 1. The van der Waals surface area contributed by atoms with Gasteiger partial charge in [0.05, 0.1) is 31.3 Å². The number of aromatic nitrogens is 3. The van der Waals surface area contributed by atoms with E-state index in [9.17, 15) is 17.6 Å². The van der Waals surface area contributed by atoms with E-state index in [1.54, 1.807) is 25.2 Å². The summed E-state index contributed by atoms with van der Waals surface area (Å²) in [7, 11) is -1.80. The third kappa shape index (κ3) is 4.78. The fourth-order valence-corrected chi connectivity index (χ4v) is 4.14. The second-order valence-corrected chi connectivity index (χ2v) is 9.25. The maximum Gasteiger partial charge on any atom is 0.255 e. The van der Waals surface area contributed by atoms with E-state index in [4.69, 9.17) is 4.74 Å². The normalized spacial score (nSPS) is 16.7. The van der Waals surface area contributed by atoms with Crippen molar-refractivity contribution in [1.29, 1.82) is 0 Å². The molecule has 2 aromatic heterocycles. The highest BCUT2D eigenvalue weighted by atomic mass is 32.2. The molecule has 1 saturated heterocycles. The molecule has 1 fully saturated rings. The van der Waals surface area contributed by atoms with Crippen molar-refractivity contribution < 1.29 is 17.5 Å². The number of pyridine rings is 1. The Morgan fingerprint density at radius 2 is 2.06 bits per heavy atom. The van der Waals surface area contributed by atoms with Crippen LogP contribution in [0.1, 0.15) is 11.7 Å². The Kier molecular flexibility index (Phi) is 5.94. The van der Waals surface area contributed by atoms with Crippen LogP contribution < -0.4 is 15.2 Å². The highest BCUT2D eigenvalue weighted by Gasteiger charge is 2.26. The zero-order valence-corrected chi connectivity index (χ0v) is 18.3. The predicted octanol–water partition coefficient (Wildman–Crippen LogP) is 1.93. The van der Waals surface area contributed by atoms with Gasteiger partial charge in [-0.2, -0.15) is 0 Å². The molecule has 32 heavy (non-hydrogen) atoms. The molecule has 1 aromatic carbocycles. The van der Waals surface area contributed by atoms with Gasteiger partial charge in [-0.3, -0.25) is 19.1 Å². The van der Waals surface area contributed by atoms with E-state index in [1.165, 1.54) is 22.9 Å². The quantitative estimate of drug-likeness (QED) is 0.621. The lowest BCUT2D eigenvalue weighted by Crippen LogP contribution is -2.41. The van der Waals surface area contributed by atoms with Gasteiger partial charge in [0.2, 0.25) is 16.0 Å². The zero-order valence-electron chi connectivity index (χ0n) is 17.5. The molecule has 1 N–H and O–H groups in total. The van der Waals surface area contributed by atoms with Gasteiger partial charge in [-0.15, -0.1) is 0 Å². The number of sulfonamides is 1. The molecule has 0 radical (unpaired) electrons. The van der Waals surface area contributed by atoms with Gasteiger partial charge in [0.1, 0.15) is 6.10 Å². The summed E-state index contributed by atoms with van der Waals surface area (Å²) in [6, 6.07) is 9.72. The number of halogens is 1. The Bertz CT molecular complexity index is 1310. The first-order valence-electron chi connectivity index (χ1n) is 9.83. The molecule has 3 aromatic rings. The minimum Gasteiger partial charge on any atom is -0.370 e. The van der Waals surface area contributed by atoms with E-state index in [0.717, 1.165) is 18.0 Å². The van der Waals surface area contributed by atoms with Crippen molar-refractivity contribution in [2.75, 3.05) is 35.6 Å². The lowest BCUT2D eigenvalue weighted by molar-refractivity contribution is 0.0390. The molecule has 1 atom stereocenters. The van der Waals surface area contributed by atoms with Gasteiger partial charge in [-0.1, -0.05) is 12.1 Å². The molecule has 0 aliphatic carbocycles. The summed E-state index contributed by atoms with van der Waals surface area (Å²) in [5, 5.41) is 0. The van der Waals surface area contributed by atoms with Crippen LogP contribution in [0.5, 0.6) is 0 Å². The highest BCUT2D eigenvalue weighted by molar-refractivity contribution is 7.92. The summed E-state index contributed by atoms with van der Waals surface area (Å²) in [4.78, 5) is 22.8. The fraction of sp³-hybridized carbons (Fsp3) is 0.286. The van der Waals surface area contributed by atoms with Gasteiger partial charge in [0.25, 0.3) is 5.56 Å². The molecular weight excluding hydrogens is 437 g/mol. The Morgan fingerprint density at radius 3 is 2.81 bits per heavy atom. The molecule has 168 valence electrons. The standard InChI is InChI=1S/C21H22FN5O4S/c1-26-20(28)11-18(16-6-7-23-12-17(16)22)24-21(26)27-8-9-31-19(13-27)14-4-3-5-15(10-14)25-32(2,29)30/h3-7,10-12,19,25H,8-9,13H2,1-2H3/t19-/m1/s1. The van der Waals surface area contributed by atoms with E-state index >= 15 is 0 Å². The van der Waals surface area contributed by atoms with E-state index in [-0.39, 0.29) is 22.9 Å². The SMILES string of the molecule is Cn1c(N2CCO[C@@H](c3cccc(NS(C)(=O)=O)c3)C2)nc(-c2ccncc2F)cc1=O. The van der Waals surface area contributed by atoms with Gasteiger partial charge in [0, 0.05) is 37.1 Å². The van der Waals surface area contributed by atoms with Gasteiger partial charge >= 0.3 is 0 Å². The summed E-state index contributed by atoms with van der Waals surface area (Å²) in [5.41, 5.74) is 1.33. The third-order valence-electron chi connectivity index (χ3n) is 5.07. The maximum atomic E-state index is 14.2. The molecule has 0 spiro atoms. The molecule has 4 rings (SSSR count). The van der Waals surface area contributed by atoms with Gasteiger partial charge in [-0.05, 0) is 23.8 Å². The van der Waals surface area contributed by atoms with Crippen LogP contribution in [-0.4, -0.2) is 48.9 Å². The van der Waals surface area contributed by atoms with Crippen LogP contribution >= 0.6 is 0 Å². The summed E-state index contributed by atoms with van der Waals surface area (Å²) >= 11 is 0. The zero-order chi connectivity index (χ0) is 22.9. The van der Waals surface area contributed by atoms with Crippen LogP contribution in [-0.2, 0) is 21.8 Å². The average molecular weight is 460 g/mol. The van der Waals surface area contributed by atoms with Crippen molar-refractivity contribution in [3.8, 4) is 11.3 Å². The van der Waals surface area contributed by atoms with Gasteiger partial charge in [0.15, 0.2) is 5.82 Å². The summed E-state index contributed by atoms with van der Waals surface area (Å²) in [5.74, 6) is -0.170. The summed E-state index contributed by atoms with van der Waals surface area (Å²) in [6.07, 6.45) is 3.24. The van der Waals surface area contributed by atoms with Crippen molar-refractivity contribution in [2.24, 2.45) is 7.05 Å². The van der Waals surface area contributed by atoms with Crippen LogP contribution in [0.2, 0.25) is 0 Å². The molecule has 0 saturated carbocycles. The van der Waals surface area contributed by atoms with Crippen LogP contribution in [0.4, 0.5) is 16.0 Å². The number of morpholine rings is 1. The minimum atomic E-state index is -3.41. The van der Waals surface area contributed by atoms with E-state index in [2.05, 4.69) is 14.7 Å². The van der Waals surface area contributed by atoms with Crippen LogP contribution in [0.3, 0.4) is 0 Å². The Labute approximate surface area is 184 Å².